The smallest absolute Gasteiger partial charge is 0.340 e. The highest BCUT2D eigenvalue weighted by Gasteiger charge is 2.55. The Morgan fingerprint density at radius 1 is 0.818 bits per heavy atom. The maximum absolute atomic E-state index is 14.2. The average molecular weight is 769 g/mol. The standard InChI is InChI=1S/C43H60O12/c1-22-18-19-49-43(48,28(22)7)36-13-8-10-29(44)37(46)27(6)31-16-17-34(50-31)32-11-9-12-33(51-32)35-15-14-25(4)42(54-35)21-24(3)26(5)39(55-42)40-30(45)20-23(2)38(53-40)41(47)52-36/h8-9,11,13,22,24,28-40,44-46,48H,2,4-6,10,12,14-21H2,1,3,7H3/b13-8+. The fourth-order valence-electron chi connectivity index (χ4n) is 9.38. The molecule has 0 amide bonds. The molecule has 12 heteroatoms. The van der Waals surface area contributed by atoms with Gasteiger partial charge in [-0.1, -0.05) is 65.3 Å². The van der Waals surface area contributed by atoms with Crippen LogP contribution in [0.2, 0.25) is 0 Å². The minimum Gasteiger partial charge on any atom is -0.450 e. The van der Waals surface area contributed by atoms with E-state index in [9.17, 15) is 25.2 Å². The Labute approximate surface area is 324 Å². The molecule has 0 aliphatic carbocycles. The van der Waals surface area contributed by atoms with E-state index in [1.54, 1.807) is 6.08 Å². The van der Waals surface area contributed by atoms with E-state index in [0.29, 0.717) is 61.7 Å². The molecule has 5 saturated heterocycles. The summed E-state index contributed by atoms with van der Waals surface area (Å²) in [5.41, 5.74) is 2.12. The molecule has 4 N–H and O–H groups in total. The summed E-state index contributed by atoms with van der Waals surface area (Å²) in [7, 11) is 0. The second-order valence-electron chi connectivity index (χ2n) is 17.0. The van der Waals surface area contributed by atoms with Crippen molar-refractivity contribution in [3.8, 4) is 0 Å². The van der Waals surface area contributed by atoms with Gasteiger partial charge in [0.1, 0.15) is 24.4 Å². The summed E-state index contributed by atoms with van der Waals surface area (Å²) in [6.45, 7) is 23.0. The van der Waals surface area contributed by atoms with Crippen LogP contribution in [-0.4, -0.2) is 118 Å². The van der Waals surface area contributed by atoms with Crippen molar-refractivity contribution in [1.82, 2.24) is 0 Å². The summed E-state index contributed by atoms with van der Waals surface area (Å²) in [4.78, 5) is 14.2. The Morgan fingerprint density at radius 3 is 2.36 bits per heavy atom. The first-order valence-corrected chi connectivity index (χ1v) is 20.1. The van der Waals surface area contributed by atoms with Crippen LogP contribution in [0.3, 0.4) is 0 Å². The Bertz CT molecular complexity index is 1570. The monoisotopic (exact) mass is 768 g/mol. The molecule has 7 aliphatic rings. The molecule has 55 heavy (non-hydrogen) atoms. The molecule has 304 valence electrons. The van der Waals surface area contributed by atoms with E-state index in [1.807, 2.05) is 26.8 Å². The number of ether oxygens (including phenoxy) is 7. The van der Waals surface area contributed by atoms with Crippen LogP contribution in [0.25, 0.3) is 0 Å². The van der Waals surface area contributed by atoms with Crippen LogP contribution in [0.15, 0.2) is 72.9 Å². The van der Waals surface area contributed by atoms with Gasteiger partial charge in [0.25, 0.3) is 0 Å². The number of hydrogen-bond acceptors (Lipinski definition) is 12. The first-order valence-electron chi connectivity index (χ1n) is 20.1. The van der Waals surface area contributed by atoms with E-state index in [1.165, 1.54) is 6.08 Å². The first kappa shape index (κ1) is 40.7. The van der Waals surface area contributed by atoms with Crippen molar-refractivity contribution >= 4 is 5.97 Å². The number of aliphatic hydroxyl groups excluding tert-OH is 3. The number of cyclic esters (lactones) is 1. The average Bonchev–Trinajstić information content (AvgIpc) is 3.66. The minimum absolute atomic E-state index is 0.0277. The van der Waals surface area contributed by atoms with Crippen LogP contribution in [-0.2, 0) is 38.0 Å². The SMILES string of the molecule is C=C1CC(O)C2OC1C(=O)OC(C1(O)OCCC(C)C1C)/C=C/CC(O)C(O)C(=C)C1CCC(O1)C1C=CCC(O1)C1CCC(=C)C3(CC(C)C(=C)C2O3)O1. The maximum atomic E-state index is 14.2. The summed E-state index contributed by atoms with van der Waals surface area (Å²) in [6, 6.07) is 0. The molecule has 1 spiro atoms. The molecular formula is C43H60O12. The van der Waals surface area contributed by atoms with Gasteiger partial charge in [-0.15, -0.1) is 0 Å². The summed E-state index contributed by atoms with van der Waals surface area (Å²) >= 11 is 0. The topological polar surface area (TPSA) is 163 Å². The molecule has 17 unspecified atom stereocenters. The number of carbonyl (C=O) groups is 1. The lowest BCUT2D eigenvalue weighted by Gasteiger charge is -2.53. The van der Waals surface area contributed by atoms with Crippen LogP contribution < -0.4 is 0 Å². The zero-order chi connectivity index (χ0) is 39.4. The molecule has 0 saturated carbocycles. The first-order chi connectivity index (χ1) is 26.1. The van der Waals surface area contributed by atoms with Crippen LogP contribution in [0.5, 0.6) is 0 Å². The van der Waals surface area contributed by atoms with Gasteiger partial charge >= 0.3 is 5.97 Å². The Morgan fingerprint density at radius 2 is 1.58 bits per heavy atom. The third-order valence-corrected chi connectivity index (χ3v) is 13.3. The van der Waals surface area contributed by atoms with Crippen molar-refractivity contribution < 1.29 is 58.4 Å². The van der Waals surface area contributed by atoms with Gasteiger partial charge in [-0.25, -0.2) is 4.79 Å². The summed E-state index contributed by atoms with van der Waals surface area (Å²) in [5.74, 6) is -4.48. The molecule has 12 nitrogen and oxygen atoms in total. The fourth-order valence-corrected chi connectivity index (χ4v) is 9.38. The quantitative estimate of drug-likeness (QED) is 0.171. The highest BCUT2D eigenvalue weighted by Crippen LogP contribution is 2.49. The highest BCUT2D eigenvalue weighted by molar-refractivity contribution is 5.79. The van der Waals surface area contributed by atoms with Crippen LogP contribution in [0.1, 0.15) is 78.6 Å². The second-order valence-corrected chi connectivity index (χ2v) is 17.0. The predicted molar refractivity (Wildman–Crippen MR) is 201 cm³/mol. The van der Waals surface area contributed by atoms with Gasteiger partial charge in [-0.2, -0.15) is 0 Å². The van der Waals surface area contributed by atoms with E-state index in [0.717, 1.165) is 5.57 Å². The van der Waals surface area contributed by atoms with Crippen molar-refractivity contribution in [2.45, 2.75) is 163 Å². The van der Waals surface area contributed by atoms with Gasteiger partial charge in [-0.3, -0.25) is 0 Å². The lowest BCUT2D eigenvalue weighted by atomic mass is 9.78. The van der Waals surface area contributed by atoms with Gasteiger partial charge in [0, 0.05) is 12.3 Å². The Kier molecular flexibility index (Phi) is 11.9. The maximum Gasteiger partial charge on any atom is 0.340 e. The summed E-state index contributed by atoms with van der Waals surface area (Å²) < 4.78 is 45.2. The number of carbonyl (C=O) groups excluding carboxylic acids is 1. The fraction of sp³-hybridized carbons (Fsp3) is 0.698. The number of esters is 1. The van der Waals surface area contributed by atoms with Gasteiger partial charge in [0.15, 0.2) is 18.0 Å². The van der Waals surface area contributed by atoms with Crippen molar-refractivity contribution in [2.75, 3.05) is 6.61 Å². The van der Waals surface area contributed by atoms with Gasteiger partial charge < -0.3 is 53.6 Å². The lowest BCUT2D eigenvalue weighted by molar-refractivity contribution is -0.317. The van der Waals surface area contributed by atoms with E-state index < -0.39 is 72.3 Å². The molecule has 5 fully saturated rings. The molecule has 9 bridgehead atoms. The summed E-state index contributed by atoms with van der Waals surface area (Å²) in [5, 5.41) is 45.8. The number of hydrogen-bond donors (Lipinski definition) is 4. The number of aliphatic hydroxyl groups is 4. The molecule has 7 aliphatic heterocycles. The third-order valence-electron chi connectivity index (χ3n) is 13.3. The summed E-state index contributed by atoms with van der Waals surface area (Å²) in [6.07, 6.45) is 1.50. The largest absolute Gasteiger partial charge is 0.450 e. The third kappa shape index (κ3) is 7.77. The van der Waals surface area contributed by atoms with Crippen molar-refractivity contribution in [3.05, 3.63) is 72.9 Å². The molecule has 0 radical (unpaired) electrons. The van der Waals surface area contributed by atoms with E-state index in [4.69, 9.17) is 33.2 Å². The van der Waals surface area contributed by atoms with E-state index in [2.05, 4.69) is 32.4 Å². The zero-order valence-corrected chi connectivity index (χ0v) is 32.4. The molecule has 17 atom stereocenters. The van der Waals surface area contributed by atoms with Crippen molar-refractivity contribution in [2.24, 2.45) is 17.8 Å². The normalized spacial score (nSPS) is 49.3. The van der Waals surface area contributed by atoms with Gasteiger partial charge in [-0.05, 0) is 91.6 Å². The molecule has 7 heterocycles. The zero-order valence-electron chi connectivity index (χ0n) is 32.4. The predicted octanol–water partition coefficient (Wildman–Crippen LogP) is 4.27. The molecular weight excluding hydrogens is 708 g/mol. The molecule has 0 aromatic rings. The number of rotatable bonds is 1. The van der Waals surface area contributed by atoms with Crippen molar-refractivity contribution in [3.63, 3.8) is 0 Å². The van der Waals surface area contributed by atoms with E-state index >= 15 is 0 Å². The van der Waals surface area contributed by atoms with Crippen LogP contribution >= 0.6 is 0 Å². The molecule has 7 rings (SSSR count). The number of fused-ring (bicyclic) bond motifs is 11. The van der Waals surface area contributed by atoms with Gasteiger partial charge in [0.05, 0.1) is 43.2 Å². The Hall–Kier alpha value is -2.49. The second kappa shape index (κ2) is 16.0. The molecule has 0 aromatic heterocycles. The Balaban J connectivity index is 1.23. The highest BCUT2D eigenvalue weighted by atomic mass is 16.7. The molecule has 0 aromatic carbocycles. The van der Waals surface area contributed by atoms with Crippen LogP contribution in [0.4, 0.5) is 0 Å². The van der Waals surface area contributed by atoms with E-state index in [-0.39, 0.29) is 55.7 Å². The van der Waals surface area contributed by atoms with Crippen molar-refractivity contribution in [1.29, 1.82) is 0 Å². The van der Waals surface area contributed by atoms with Crippen LogP contribution in [0, 0.1) is 17.8 Å². The van der Waals surface area contributed by atoms with Gasteiger partial charge in [0.2, 0.25) is 5.79 Å². The minimum atomic E-state index is -1.91. The lowest BCUT2D eigenvalue weighted by Crippen LogP contribution is -2.60.